The predicted molar refractivity (Wildman–Crippen MR) is 81.2 cm³/mol. The number of rotatable bonds is 5. The van der Waals surface area contributed by atoms with Crippen LogP contribution in [0.3, 0.4) is 0 Å². The van der Waals surface area contributed by atoms with Crippen LogP contribution in [0.1, 0.15) is 5.56 Å². The zero-order chi connectivity index (χ0) is 15.4. The molecule has 0 aliphatic rings. The summed E-state index contributed by atoms with van der Waals surface area (Å²) in [5.41, 5.74) is 0.942. The van der Waals surface area contributed by atoms with Gasteiger partial charge in [0, 0.05) is 18.7 Å². The summed E-state index contributed by atoms with van der Waals surface area (Å²) in [7, 11) is 0. The van der Waals surface area contributed by atoms with Crippen molar-refractivity contribution in [1.29, 1.82) is 0 Å². The number of hydrogen-bond acceptors (Lipinski definition) is 5. The molecule has 7 nitrogen and oxygen atoms in total. The summed E-state index contributed by atoms with van der Waals surface area (Å²) in [6, 6.07) is 10.9. The minimum absolute atomic E-state index is 0.0379. The summed E-state index contributed by atoms with van der Waals surface area (Å²) in [5.74, 6) is 0. The van der Waals surface area contributed by atoms with Crippen LogP contribution in [0.25, 0.3) is 0 Å². The fourth-order valence-corrected chi connectivity index (χ4v) is 2.18. The number of anilines is 1. The quantitative estimate of drug-likeness (QED) is 0.650. The molecular formula is C13H10BrN3O4. The second kappa shape index (κ2) is 6.31. The second-order valence-electron chi connectivity index (χ2n) is 4.17. The third-order valence-corrected chi connectivity index (χ3v) is 3.46. The van der Waals surface area contributed by atoms with Crippen molar-refractivity contribution in [2.75, 3.05) is 5.32 Å². The molecule has 0 aromatic heterocycles. The Balaban J connectivity index is 2.19. The first kappa shape index (κ1) is 14.9. The molecule has 0 radical (unpaired) electrons. The van der Waals surface area contributed by atoms with Gasteiger partial charge in [0.05, 0.1) is 14.3 Å². The molecule has 0 fully saturated rings. The summed E-state index contributed by atoms with van der Waals surface area (Å²) in [6.07, 6.45) is 0. The molecule has 0 bridgehead atoms. The molecule has 1 N–H and O–H groups in total. The molecule has 0 aliphatic carbocycles. The molecular weight excluding hydrogens is 342 g/mol. The molecule has 108 valence electrons. The Kier molecular flexibility index (Phi) is 4.49. The number of halogens is 1. The van der Waals surface area contributed by atoms with Gasteiger partial charge in [0.25, 0.3) is 11.4 Å². The van der Waals surface area contributed by atoms with Crippen LogP contribution in [0.2, 0.25) is 0 Å². The average Bonchev–Trinajstić information content (AvgIpc) is 2.46. The minimum Gasteiger partial charge on any atom is -0.375 e. The summed E-state index contributed by atoms with van der Waals surface area (Å²) in [6.45, 7) is 0.249. The molecule has 21 heavy (non-hydrogen) atoms. The zero-order valence-corrected chi connectivity index (χ0v) is 12.2. The molecule has 0 atom stereocenters. The second-order valence-corrected chi connectivity index (χ2v) is 5.03. The molecule has 0 saturated carbocycles. The van der Waals surface area contributed by atoms with Crippen molar-refractivity contribution >= 4 is 33.0 Å². The van der Waals surface area contributed by atoms with Crippen molar-refractivity contribution in [2.24, 2.45) is 0 Å². The monoisotopic (exact) mass is 351 g/mol. The SMILES string of the molecule is O=[N+]([O-])c1cc(CNc2ccccc2[N+](=O)[O-])ccc1Br. The molecule has 0 spiro atoms. The van der Waals surface area contributed by atoms with Crippen LogP contribution < -0.4 is 5.32 Å². The predicted octanol–water partition coefficient (Wildman–Crippen LogP) is 3.88. The van der Waals surface area contributed by atoms with E-state index < -0.39 is 9.85 Å². The van der Waals surface area contributed by atoms with E-state index in [1.807, 2.05) is 0 Å². The molecule has 2 aromatic carbocycles. The maximum Gasteiger partial charge on any atom is 0.292 e. The van der Waals surface area contributed by atoms with Crippen LogP contribution >= 0.6 is 15.9 Å². The zero-order valence-electron chi connectivity index (χ0n) is 10.7. The van der Waals surface area contributed by atoms with E-state index in [2.05, 4.69) is 21.2 Å². The minimum atomic E-state index is -0.488. The fraction of sp³-hybridized carbons (Fsp3) is 0.0769. The highest BCUT2D eigenvalue weighted by Gasteiger charge is 2.14. The molecule has 0 amide bonds. The van der Waals surface area contributed by atoms with Gasteiger partial charge in [-0.15, -0.1) is 0 Å². The lowest BCUT2D eigenvalue weighted by Crippen LogP contribution is -2.03. The van der Waals surface area contributed by atoms with E-state index in [0.29, 0.717) is 15.7 Å². The van der Waals surface area contributed by atoms with E-state index >= 15 is 0 Å². The third-order valence-electron chi connectivity index (χ3n) is 2.79. The van der Waals surface area contributed by atoms with Crippen LogP contribution in [0, 0.1) is 20.2 Å². The Morgan fingerprint density at radius 2 is 1.67 bits per heavy atom. The summed E-state index contributed by atoms with van der Waals surface area (Å²) >= 11 is 3.11. The number of para-hydroxylation sites is 2. The van der Waals surface area contributed by atoms with Gasteiger partial charge in [-0.2, -0.15) is 0 Å². The molecule has 2 aromatic rings. The number of nitrogens with zero attached hydrogens (tertiary/aromatic N) is 2. The van der Waals surface area contributed by atoms with Crippen LogP contribution in [-0.4, -0.2) is 9.85 Å². The molecule has 8 heteroatoms. The van der Waals surface area contributed by atoms with E-state index in [9.17, 15) is 20.2 Å². The van der Waals surface area contributed by atoms with Crippen molar-refractivity contribution in [3.8, 4) is 0 Å². The van der Waals surface area contributed by atoms with Gasteiger partial charge in [0.2, 0.25) is 0 Å². The highest BCUT2D eigenvalue weighted by atomic mass is 79.9. The first-order valence-electron chi connectivity index (χ1n) is 5.89. The van der Waals surface area contributed by atoms with Gasteiger partial charge in [-0.1, -0.05) is 18.2 Å². The van der Waals surface area contributed by atoms with Crippen molar-refractivity contribution in [1.82, 2.24) is 0 Å². The summed E-state index contributed by atoms with van der Waals surface area (Å²) < 4.78 is 0.391. The van der Waals surface area contributed by atoms with Gasteiger partial charge < -0.3 is 5.32 Å². The fourth-order valence-electron chi connectivity index (χ4n) is 1.79. The lowest BCUT2D eigenvalue weighted by atomic mass is 10.2. The number of hydrogen-bond donors (Lipinski definition) is 1. The average molecular weight is 352 g/mol. The van der Waals surface area contributed by atoms with E-state index in [-0.39, 0.29) is 17.9 Å². The van der Waals surface area contributed by atoms with Crippen LogP contribution in [0.5, 0.6) is 0 Å². The molecule has 2 rings (SSSR count). The largest absolute Gasteiger partial charge is 0.375 e. The summed E-state index contributed by atoms with van der Waals surface area (Å²) in [4.78, 5) is 20.8. The summed E-state index contributed by atoms with van der Waals surface area (Å²) in [5, 5.41) is 24.7. The van der Waals surface area contributed by atoms with Gasteiger partial charge in [0.15, 0.2) is 0 Å². The van der Waals surface area contributed by atoms with E-state index in [1.54, 1.807) is 30.3 Å². The lowest BCUT2D eigenvalue weighted by molar-refractivity contribution is -0.385. The number of nitrogens with one attached hydrogen (secondary N) is 1. The Bertz CT molecular complexity index is 706. The Morgan fingerprint density at radius 3 is 2.33 bits per heavy atom. The van der Waals surface area contributed by atoms with E-state index in [1.165, 1.54) is 12.1 Å². The Labute approximate surface area is 128 Å². The standard InChI is InChI=1S/C13H10BrN3O4/c14-10-6-5-9(7-13(10)17(20)21)8-15-11-3-1-2-4-12(11)16(18)19/h1-7,15H,8H2. The topological polar surface area (TPSA) is 98.3 Å². The van der Waals surface area contributed by atoms with Crippen LogP contribution in [0.4, 0.5) is 17.1 Å². The van der Waals surface area contributed by atoms with Gasteiger partial charge in [-0.25, -0.2) is 0 Å². The normalized spacial score (nSPS) is 10.1. The van der Waals surface area contributed by atoms with Gasteiger partial charge in [0.1, 0.15) is 5.69 Å². The number of nitro groups is 2. The number of nitro benzene ring substituents is 2. The Morgan fingerprint density at radius 1 is 1.00 bits per heavy atom. The van der Waals surface area contributed by atoms with E-state index in [4.69, 9.17) is 0 Å². The van der Waals surface area contributed by atoms with Crippen molar-refractivity contribution in [3.63, 3.8) is 0 Å². The lowest BCUT2D eigenvalue weighted by Gasteiger charge is -2.07. The van der Waals surface area contributed by atoms with Gasteiger partial charge >= 0.3 is 0 Å². The molecule has 0 unspecified atom stereocenters. The molecule has 0 heterocycles. The first-order valence-corrected chi connectivity index (χ1v) is 6.68. The van der Waals surface area contributed by atoms with Gasteiger partial charge in [-0.3, -0.25) is 20.2 Å². The van der Waals surface area contributed by atoms with Crippen molar-refractivity contribution < 1.29 is 9.85 Å². The van der Waals surface area contributed by atoms with Crippen molar-refractivity contribution in [3.05, 3.63) is 72.7 Å². The third kappa shape index (κ3) is 3.54. The molecule has 0 aliphatic heterocycles. The number of benzene rings is 2. The first-order chi connectivity index (χ1) is 9.99. The van der Waals surface area contributed by atoms with E-state index in [0.717, 1.165) is 0 Å². The maximum atomic E-state index is 10.9. The van der Waals surface area contributed by atoms with Crippen LogP contribution in [-0.2, 0) is 6.54 Å². The van der Waals surface area contributed by atoms with Crippen molar-refractivity contribution in [2.45, 2.75) is 6.54 Å². The Hall–Kier alpha value is -2.48. The van der Waals surface area contributed by atoms with Crippen LogP contribution in [0.15, 0.2) is 46.9 Å². The maximum absolute atomic E-state index is 10.9. The highest BCUT2D eigenvalue weighted by Crippen LogP contribution is 2.27. The smallest absolute Gasteiger partial charge is 0.292 e. The molecule has 0 saturated heterocycles. The van der Waals surface area contributed by atoms with Gasteiger partial charge in [-0.05, 0) is 33.6 Å². The highest BCUT2D eigenvalue weighted by molar-refractivity contribution is 9.10.